The van der Waals surface area contributed by atoms with Crippen LogP contribution in [0.25, 0.3) is 0 Å². The normalized spacial score (nSPS) is 10.2. The average Bonchev–Trinajstić information content (AvgIpc) is 2.42. The Labute approximate surface area is 106 Å². The van der Waals surface area contributed by atoms with Crippen LogP contribution in [0.5, 0.6) is 0 Å². The van der Waals surface area contributed by atoms with Gasteiger partial charge in [-0.1, -0.05) is 25.1 Å². The highest BCUT2D eigenvalue weighted by atomic mass is 15.3. The Morgan fingerprint density at radius 2 is 1.78 bits per heavy atom. The van der Waals surface area contributed by atoms with Gasteiger partial charge in [0.25, 0.3) is 0 Å². The first-order valence-corrected chi connectivity index (χ1v) is 5.90. The fraction of sp³-hybridized carbons (Fsp3) is 0.231. The molecule has 2 aromatic rings. The Morgan fingerprint density at radius 1 is 1.11 bits per heavy atom. The van der Waals surface area contributed by atoms with E-state index in [-0.39, 0.29) is 0 Å². The molecule has 0 bridgehead atoms. The van der Waals surface area contributed by atoms with Gasteiger partial charge in [-0.05, 0) is 19.1 Å². The molecule has 1 aromatic heterocycles. The third-order valence-corrected chi connectivity index (χ3v) is 2.68. The smallest absolute Gasteiger partial charge is 0.148 e. The van der Waals surface area contributed by atoms with Crippen LogP contribution >= 0.6 is 0 Å². The molecule has 0 fully saturated rings. The van der Waals surface area contributed by atoms with Crippen molar-refractivity contribution in [2.75, 3.05) is 10.7 Å². The lowest BCUT2D eigenvalue weighted by Gasteiger charge is -2.13. The van der Waals surface area contributed by atoms with Gasteiger partial charge in [-0.25, -0.2) is 15.8 Å². The molecule has 0 amide bonds. The molecule has 1 aromatic carbocycles. The Morgan fingerprint density at radius 3 is 2.39 bits per heavy atom. The summed E-state index contributed by atoms with van der Waals surface area (Å²) in [6.07, 6.45) is 0.762. The van der Waals surface area contributed by atoms with Crippen molar-refractivity contribution >= 4 is 17.3 Å². The van der Waals surface area contributed by atoms with Crippen LogP contribution in [-0.4, -0.2) is 9.97 Å². The van der Waals surface area contributed by atoms with E-state index in [4.69, 9.17) is 5.84 Å². The van der Waals surface area contributed by atoms with Crippen molar-refractivity contribution in [3.8, 4) is 0 Å². The van der Waals surface area contributed by atoms with Crippen LogP contribution in [0.3, 0.4) is 0 Å². The molecule has 0 aliphatic carbocycles. The number of hydrogen-bond donors (Lipinski definition) is 3. The SMILES string of the molecule is CCc1nc(NN)c(C)c(Nc2ccccc2)n1. The van der Waals surface area contributed by atoms with E-state index in [1.165, 1.54) is 0 Å². The molecule has 0 spiro atoms. The van der Waals surface area contributed by atoms with Crippen LogP contribution in [0, 0.1) is 6.92 Å². The quantitative estimate of drug-likeness (QED) is 0.568. The predicted molar refractivity (Wildman–Crippen MR) is 73.7 cm³/mol. The predicted octanol–water partition coefficient (Wildman–Crippen LogP) is 2.38. The van der Waals surface area contributed by atoms with Gasteiger partial charge in [-0.15, -0.1) is 0 Å². The van der Waals surface area contributed by atoms with Crippen molar-refractivity contribution in [1.82, 2.24) is 9.97 Å². The lowest BCUT2D eigenvalue weighted by atomic mass is 10.2. The standard InChI is InChI=1S/C13H17N5/c1-3-11-16-12(9(2)13(17-11)18-14)15-10-7-5-4-6-8-10/h4-8H,3,14H2,1-2H3,(H2,15,16,17,18). The fourth-order valence-electron chi connectivity index (χ4n) is 1.64. The first kappa shape index (κ1) is 12.3. The van der Waals surface area contributed by atoms with Crippen LogP contribution in [0.1, 0.15) is 18.3 Å². The topological polar surface area (TPSA) is 75.9 Å². The zero-order chi connectivity index (χ0) is 13.0. The second-order valence-electron chi connectivity index (χ2n) is 3.95. The highest BCUT2D eigenvalue weighted by Gasteiger charge is 2.09. The molecule has 18 heavy (non-hydrogen) atoms. The largest absolute Gasteiger partial charge is 0.340 e. The molecule has 0 unspecified atom stereocenters. The van der Waals surface area contributed by atoms with Gasteiger partial charge in [0.2, 0.25) is 0 Å². The van der Waals surface area contributed by atoms with Gasteiger partial charge >= 0.3 is 0 Å². The summed E-state index contributed by atoms with van der Waals surface area (Å²) >= 11 is 0. The Hall–Kier alpha value is -2.14. The number of hydrogen-bond acceptors (Lipinski definition) is 5. The molecule has 4 N–H and O–H groups in total. The maximum absolute atomic E-state index is 5.47. The second kappa shape index (κ2) is 5.46. The highest BCUT2D eigenvalue weighted by molar-refractivity contribution is 5.64. The summed E-state index contributed by atoms with van der Waals surface area (Å²) in [5, 5.41) is 3.27. The van der Waals surface area contributed by atoms with E-state index in [1.807, 2.05) is 44.2 Å². The number of hydrazine groups is 1. The summed E-state index contributed by atoms with van der Waals surface area (Å²) in [6.45, 7) is 3.94. The minimum Gasteiger partial charge on any atom is -0.340 e. The van der Waals surface area contributed by atoms with Crippen molar-refractivity contribution < 1.29 is 0 Å². The zero-order valence-electron chi connectivity index (χ0n) is 10.6. The van der Waals surface area contributed by atoms with E-state index < -0.39 is 0 Å². The molecule has 5 heteroatoms. The van der Waals surface area contributed by atoms with E-state index >= 15 is 0 Å². The van der Waals surface area contributed by atoms with E-state index in [0.717, 1.165) is 29.3 Å². The third-order valence-electron chi connectivity index (χ3n) is 2.68. The Bertz CT molecular complexity index is 524. The number of para-hydroxylation sites is 1. The number of nitrogen functional groups attached to an aromatic ring is 1. The summed E-state index contributed by atoms with van der Waals surface area (Å²) < 4.78 is 0. The number of anilines is 3. The molecule has 0 atom stereocenters. The van der Waals surface area contributed by atoms with E-state index in [1.54, 1.807) is 0 Å². The zero-order valence-corrected chi connectivity index (χ0v) is 10.6. The number of nitrogens with zero attached hydrogens (tertiary/aromatic N) is 2. The van der Waals surface area contributed by atoms with Crippen molar-refractivity contribution in [3.63, 3.8) is 0 Å². The molecule has 0 saturated heterocycles. The maximum Gasteiger partial charge on any atom is 0.148 e. The molecule has 0 aliphatic heterocycles. The minimum absolute atomic E-state index is 0.653. The van der Waals surface area contributed by atoms with Gasteiger partial charge in [-0.3, -0.25) is 0 Å². The number of nitrogens with one attached hydrogen (secondary N) is 2. The Kier molecular flexibility index (Phi) is 3.74. The summed E-state index contributed by atoms with van der Waals surface area (Å²) in [4.78, 5) is 8.80. The van der Waals surface area contributed by atoms with Crippen LogP contribution in [-0.2, 0) is 6.42 Å². The van der Waals surface area contributed by atoms with Gasteiger partial charge < -0.3 is 10.7 Å². The molecule has 0 aliphatic rings. The van der Waals surface area contributed by atoms with Crippen molar-refractivity contribution in [2.24, 2.45) is 5.84 Å². The second-order valence-corrected chi connectivity index (χ2v) is 3.95. The molecule has 2 rings (SSSR count). The minimum atomic E-state index is 0.653. The van der Waals surface area contributed by atoms with Crippen LogP contribution in [0.15, 0.2) is 30.3 Å². The number of aromatic nitrogens is 2. The van der Waals surface area contributed by atoms with Crippen LogP contribution in [0.2, 0.25) is 0 Å². The Balaban J connectivity index is 2.37. The highest BCUT2D eigenvalue weighted by Crippen LogP contribution is 2.22. The van der Waals surface area contributed by atoms with E-state index in [2.05, 4.69) is 20.7 Å². The van der Waals surface area contributed by atoms with Gasteiger partial charge in [0.15, 0.2) is 0 Å². The van der Waals surface area contributed by atoms with Crippen molar-refractivity contribution in [3.05, 3.63) is 41.7 Å². The van der Waals surface area contributed by atoms with Crippen molar-refractivity contribution in [2.45, 2.75) is 20.3 Å². The molecule has 94 valence electrons. The maximum atomic E-state index is 5.47. The van der Waals surface area contributed by atoms with Crippen LogP contribution < -0.4 is 16.6 Å². The van der Waals surface area contributed by atoms with Crippen molar-refractivity contribution in [1.29, 1.82) is 0 Å². The van der Waals surface area contributed by atoms with E-state index in [0.29, 0.717) is 5.82 Å². The molecule has 1 heterocycles. The molecular weight excluding hydrogens is 226 g/mol. The lowest BCUT2D eigenvalue weighted by molar-refractivity contribution is 0.932. The number of nitrogens with two attached hydrogens (primary N) is 1. The first-order chi connectivity index (χ1) is 8.74. The molecule has 5 nitrogen and oxygen atoms in total. The summed E-state index contributed by atoms with van der Waals surface area (Å²) in [5.41, 5.74) is 4.50. The molecule has 0 saturated carbocycles. The number of rotatable bonds is 4. The summed E-state index contributed by atoms with van der Waals surface area (Å²) in [5.74, 6) is 7.66. The van der Waals surface area contributed by atoms with E-state index in [9.17, 15) is 0 Å². The third kappa shape index (κ3) is 2.57. The average molecular weight is 243 g/mol. The summed E-state index contributed by atoms with van der Waals surface area (Å²) in [6, 6.07) is 9.90. The van der Waals surface area contributed by atoms with Gasteiger partial charge in [0.1, 0.15) is 17.5 Å². The fourth-order valence-corrected chi connectivity index (χ4v) is 1.64. The van der Waals surface area contributed by atoms with Gasteiger partial charge in [0, 0.05) is 17.7 Å². The van der Waals surface area contributed by atoms with Crippen LogP contribution in [0.4, 0.5) is 17.3 Å². The lowest BCUT2D eigenvalue weighted by Crippen LogP contribution is -2.13. The molecule has 0 radical (unpaired) electrons. The monoisotopic (exact) mass is 243 g/mol. The molecular formula is C13H17N5. The summed E-state index contributed by atoms with van der Waals surface area (Å²) in [7, 11) is 0. The van der Waals surface area contributed by atoms with Gasteiger partial charge in [0.05, 0.1) is 0 Å². The number of benzene rings is 1. The number of aryl methyl sites for hydroxylation is 1. The van der Waals surface area contributed by atoms with Gasteiger partial charge in [-0.2, -0.15) is 0 Å². The first-order valence-electron chi connectivity index (χ1n) is 5.90.